The van der Waals surface area contributed by atoms with Crippen LogP contribution in [0.15, 0.2) is 12.2 Å². The third-order valence-corrected chi connectivity index (χ3v) is 3.11. The Bertz CT molecular complexity index is 162. The highest BCUT2D eigenvalue weighted by Crippen LogP contribution is 2.36. The molecule has 1 saturated carbocycles. The van der Waals surface area contributed by atoms with E-state index in [9.17, 15) is 5.11 Å². The zero-order valence-corrected chi connectivity index (χ0v) is 8.21. The molecule has 0 heterocycles. The maximum Gasteiger partial charge on any atom is 0.0465 e. The summed E-state index contributed by atoms with van der Waals surface area (Å²) in [7, 11) is 0. The van der Waals surface area contributed by atoms with Gasteiger partial charge in [0, 0.05) is 6.61 Å². The second kappa shape index (κ2) is 4.08. The Labute approximate surface area is 75.5 Å². The molecule has 0 amide bonds. The molecule has 0 spiro atoms. The van der Waals surface area contributed by atoms with Crippen LogP contribution in [0.5, 0.6) is 0 Å². The number of allylic oxidation sites excluding steroid dienone is 1. The molecule has 1 N–H and O–H groups in total. The second-order valence-electron chi connectivity index (χ2n) is 4.31. The maximum absolute atomic E-state index is 9.19. The topological polar surface area (TPSA) is 20.2 Å². The second-order valence-corrected chi connectivity index (χ2v) is 4.31. The molecule has 12 heavy (non-hydrogen) atoms. The zero-order valence-electron chi connectivity index (χ0n) is 8.21. The lowest BCUT2D eigenvalue weighted by Crippen LogP contribution is -2.27. The summed E-state index contributed by atoms with van der Waals surface area (Å²) in [5, 5.41) is 9.19. The van der Waals surface area contributed by atoms with Crippen LogP contribution < -0.4 is 0 Å². The van der Waals surface area contributed by atoms with Gasteiger partial charge in [0.25, 0.3) is 0 Å². The quantitative estimate of drug-likeness (QED) is 0.628. The van der Waals surface area contributed by atoms with Gasteiger partial charge >= 0.3 is 0 Å². The molecular formula is C11H20O. The van der Waals surface area contributed by atoms with E-state index in [4.69, 9.17) is 0 Å². The standard InChI is InChI=1S/C11H20O/c1-8(2)11-5-4-9(3)6-10(11)7-12/h9-12H,1,4-7H2,2-3H3. The summed E-state index contributed by atoms with van der Waals surface area (Å²) >= 11 is 0. The Hall–Kier alpha value is -0.300. The molecule has 3 unspecified atom stereocenters. The van der Waals surface area contributed by atoms with Crippen LogP contribution >= 0.6 is 0 Å². The third-order valence-electron chi connectivity index (χ3n) is 3.11. The largest absolute Gasteiger partial charge is 0.396 e. The third kappa shape index (κ3) is 2.10. The van der Waals surface area contributed by atoms with Crippen molar-refractivity contribution in [3.05, 3.63) is 12.2 Å². The van der Waals surface area contributed by atoms with Crippen LogP contribution in [0.3, 0.4) is 0 Å². The smallest absolute Gasteiger partial charge is 0.0465 e. The van der Waals surface area contributed by atoms with Crippen LogP contribution in [-0.2, 0) is 0 Å². The van der Waals surface area contributed by atoms with E-state index in [2.05, 4.69) is 20.4 Å². The SMILES string of the molecule is C=C(C)C1CCC(C)CC1CO. The molecule has 70 valence electrons. The minimum atomic E-state index is 0.335. The molecule has 1 heteroatoms. The van der Waals surface area contributed by atoms with Crippen molar-refractivity contribution in [1.82, 2.24) is 0 Å². The minimum absolute atomic E-state index is 0.335. The summed E-state index contributed by atoms with van der Waals surface area (Å²) in [4.78, 5) is 0. The number of hydrogen-bond donors (Lipinski definition) is 1. The van der Waals surface area contributed by atoms with Crippen molar-refractivity contribution < 1.29 is 5.11 Å². The first-order valence-electron chi connectivity index (χ1n) is 4.91. The highest BCUT2D eigenvalue weighted by atomic mass is 16.3. The van der Waals surface area contributed by atoms with E-state index in [-0.39, 0.29) is 0 Å². The summed E-state index contributed by atoms with van der Waals surface area (Å²) in [5.74, 6) is 1.84. The van der Waals surface area contributed by atoms with E-state index in [1.165, 1.54) is 24.8 Å². The lowest BCUT2D eigenvalue weighted by Gasteiger charge is -2.34. The van der Waals surface area contributed by atoms with Crippen molar-refractivity contribution in [3.63, 3.8) is 0 Å². The van der Waals surface area contributed by atoms with Gasteiger partial charge in [0.2, 0.25) is 0 Å². The van der Waals surface area contributed by atoms with Crippen molar-refractivity contribution in [3.8, 4) is 0 Å². The highest BCUT2D eigenvalue weighted by Gasteiger charge is 2.28. The summed E-state index contributed by atoms with van der Waals surface area (Å²) in [5.41, 5.74) is 1.25. The lowest BCUT2D eigenvalue weighted by molar-refractivity contribution is 0.127. The summed E-state index contributed by atoms with van der Waals surface area (Å²) in [6.45, 7) is 8.69. The van der Waals surface area contributed by atoms with E-state index in [0.29, 0.717) is 18.4 Å². The van der Waals surface area contributed by atoms with Gasteiger partial charge in [0.15, 0.2) is 0 Å². The molecule has 1 nitrogen and oxygen atoms in total. The van der Waals surface area contributed by atoms with Gasteiger partial charge < -0.3 is 5.11 Å². The molecule has 0 radical (unpaired) electrons. The number of aliphatic hydroxyl groups excluding tert-OH is 1. The first-order valence-corrected chi connectivity index (χ1v) is 4.91. The maximum atomic E-state index is 9.19. The number of rotatable bonds is 2. The molecule has 1 rings (SSSR count). The van der Waals surface area contributed by atoms with Gasteiger partial charge in [-0.1, -0.05) is 25.5 Å². The van der Waals surface area contributed by atoms with Crippen LogP contribution in [0.4, 0.5) is 0 Å². The Balaban J connectivity index is 2.56. The lowest BCUT2D eigenvalue weighted by atomic mass is 9.72. The molecule has 0 aromatic carbocycles. The van der Waals surface area contributed by atoms with Gasteiger partial charge in [-0.3, -0.25) is 0 Å². The van der Waals surface area contributed by atoms with E-state index in [0.717, 1.165) is 5.92 Å². The minimum Gasteiger partial charge on any atom is -0.396 e. The summed E-state index contributed by atoms with van der Waals surface area (Å²) in [6, 6.07) is 0. The van der Waals surface area contributed by atoms with E-state index >= 15 is 0 Å². The normalized spacial score (nSPS) is 36.4. The van der Waals surface area contributed by atoms with E-state index in [1.54, 1.807) is 0 Å². The predicted molar refractivity (Wildman–Crippen MR) is 51.9 cm³/mol. The molecular weight excluding hydrogens is 148 g/mol. The average molecular weight is 168 g/mol. The summed E-state index contributed by atoms with van der Waals surface area (Å²) < 4.78 is 0. The van der Waals surface area contributed by atoms with Crippen molar-refractivity contribution in [2.24, 2.45) is 17.8 Å². The first-order chi connectivity index (χ1) is 5.65. The Morgan fingerprint density at radius 2 is 2.17 bits per heavy atom. The van der Waals surface area contributed by atoms with Crippen LogP contribution in [-0.4, -0.2) is 11.7 Å². The van der Waals surface area contributed by atoms with Gasteiger partial charge in [-0.15, -0.1) is 0 Å². The Kier molecular flexibility index (Phi) is 3.33. The monoisotopic (exact) mass is 168 g/mol. The van der Waals surface area contributed by atoms with Crippen LogP contribution in [0.25, 0.3) is 0 Å². The predicted octanol–water partition coefficient (Wildman–Crippen LogP) is 2.61. The average Bonchev–Trinajstić information content (AvgIpc) is 2.03. The summed E-state index contributed by atoms with van der Waals surface area (Å²) in [6.07, 6.45) is 3.70. The first kappa shape index (κ1) is 9.79. The molecule has 0 aromatic rings. The molecule has 1 fully saturated rings. The van der Waals surface area contributed by atoms with Crippen LogP contribution in [0.1, 0.15) is 33.1 Å². The molecule has 0 aromatic heterocycles. The molecule has 0 aliphatic heterocycles. The number of aliphatic hydroxyl groups is 1. The highest BCUT2D eigenvalue weighted by molar-refractivity contribution is 5.01. The van der Waals surface area contributed by atoms with Gasteiger partial charge in [-0.2, -0.15) is 0 Å². The Morgan fingerprint density at radius 3 is 2.67 bits per heavy atom. The zero-order chi connectivity index (χ0) is 9.14. The van der Waals surface area contributed by atoms with Crippen LogP contribution in [0, 0.1) is 17.8 Å². The Morgan fingerprint density at radius 1 is 1.50 bits per heavy atom. The fourth-order valence-electron chi connectivity index (χ4n) is 2.35. The molecule has 0 saturated heterocycles. The fourth-order valence-corrected chi connectivity index (χ4v) is 2.35. The van der Waals surface area contributed by atoms with E-state index < -0.39 is 0 Å². The fraction of sp³-hybridized carbons (Fsp3) is 0.818. The molecule has 1 aliphatic carbocycles. The van der Waals surface area contributed by atoms with Gasteiger partial charge in [-0.25, -0.2) is 0 Å². The molecule has 0 bridgehead atoms. The van der Waals surface area contributed by atoms with Gasteiger partial charge in [0.05, 0.1) is 0 Å². The molecule has 3 atom stereocenters. The van der Waals surface area contributed by atoms with E-state index in [1.807, 2.05) is 0 Å². The van der Waals surface area contributed by atoms with Crippen molar-refractivity contribution in [2.45, 2.75) is 33.1 Å². The van der Waals surface area contributed by atoms with Crippen LogP contribution in [0.2, 0.25) is 0 Å². The van der Waals surface area contributed by atoms with Crippen molar-refractivity contribution in [1.29, 1.82) is 0 Å². The number of hydrogen-bond acceptors (Lipinski definition) is 1. The van der Waals surface area contributed by atoms with Gasteiger partial charge in [0.1, 0.15) is 0 Å². The van der Waals surface area contributed by atoms with Gasteiger partial charge in [-0.05, 0) is 37.5 Å². The van der Waals surface area contributed by atoms with Crippen molar-refractivity contribution >= 4 is 0 Å². The van der Waals surface area contributed by atoms with Crippen molar-refractivity contribution in [2.75, 3.05) is 6.61 Å². The molecule has 1 aliphatic rings.